The van der Waals surface area contributed by atoms with E-state index in [9.17, 15) is 0 Å². The van der Waals surface area contributed by atoms with E-state index in [0.717, 1.165) is 17.0 Å². The van der Waals surface area contributed by atoms with Crippen LogP contribution in [0.2, 0.25) is 0 Å². The molecule has 0 amide bonds. The Balaban J connectivity index is 2.11. The minimum atomic E-state index is -0.0472. The molecule has 3 rings (SSSR count). The topological polar surface area (TPSA) is 33.5 Å². The Morgan fingerprint density at radius 1 is 0.963 bits per heavy atom. The lowest BCUT2D eigenvalue weighted by molar-refractivity contribution is 0.333. The molecule has 0 fully saturated rings. The van der Waals surface area contributed by atoms with Crippen LogP contribution in [0, 0.1) is 0 Å². The molecule has 2 aromatic carbocycles. The van der Waals surface area contributed by atoms with Gasteiger partial charge in [-0.1, -0.05) is 18.2 Å². The van der Waals surface area contributed by atoms with E-state index >= 15 is 0 Å². The molecule has 0 aliphatic carbocycles. The molecule has 3 aromatic rings. The van der Waals surface area contributed by atoms with Gasteiger partial charge in [0.1, 0.15) is 11.8 Å². The Kier molecular flexibility index (Phi) is 5.69. The van der Waals surface area contributed by atoms with Gasteiger partial charge in [-0.25, -0.2) is 0 Å². The molecule has 1 atom stereocenters. The van der Waals surface area contributed by atoms with E-state index in [1.807, 2.05) is 58.3 Å². The van der Waals surface area contributed by atoms with Crippen molar-refractivity contribution in [2.45, 2.75) is 13.0 Å². The quantitative estimate of drug-likeness (QED) is 0.633. The average Bonchev–Trinajstić information content (AvgIpc) is 3.18. The summed E-state index contributed by atoms with van der Waals surface area (Å²) in [5, 5.41) is 4.53. The summed E-state index contributed by atoms with van der Waals surface area (Å²) < 4.78 is 8.00. The number of benzene rings is 2. The minimum Gasteiger partial charge on any atom is -0.493 e. The molecule has 27 heavy (non-hydrogen) atoms. The van der Waals surface area contributed by atoms with Gasteiger partial charge in [0.15, 0.2) is 0 Å². The van der Waals surface area contributed by atoms with E-state index in [4.69, 9.17) is 4.74 Å². The first-order valence-electron chi connectivity index (χ1n) is 9.21. The molecule has 1 aromatic heterocycles. The van der Waals surface area contributed by atoms with Gasteiger partial charge in [0.2, 0.25) is 0 Å². The second-order valence-corrected chi connectivity index (χ2v) is 6.92. The number of aromatic nitrogens is 2. The van der Waals surface area contributed by atoms with Crippen molar-refractivity contribution in [2.24, 2.45) is 0 Å². The van der Waals surface area contributed by atoms with Crippen molar-refractivity contribution in [3.8, 4) is 5.75 Å². The summed E-state index contributed by atoms with van der Waals surface area (Å²) in [6, 6.07) is 16.9. The SMILES string of the molecule is CCOc1cc(N(C)C)ccc1C(c1ccc(N(C)C)cc1)n1cccn1. The van der Waals surface area contributed by atoms with Crippen molar-refractivity contribution in [1.29, 1.82) is 0 Å². The van der Waals surface area contributed by atoms with Crippen LogP contribution >= 0.6 is 0 Å². The third-order valence-electron chi connectivity index (χ3n) is 4.62. The standard InChI is InChI=1S/C22H28N4O/c1-6-27-21-16-19(25(4)5)12-13-20(21)22(26-15-7-14-23-26)17-8-10-18(11-9-17)24(2)3/h7-16,22H,6H2,1-5H3. The minimum absolute atomic E-state index is 0.0472. The van der Waals surface area contributed by atoms with Gasteiger partial charge in [0.25, 0.3) is 0 Å². The monoisotopic (exact) mass is 364 g/mol. The molecule has 0 aliphatic heterocycles. The highest BCUT2D eigenvalue weighted by Gasteiger charge is 2.21. The Hall–Kier alpha value is -2.95. The van der Waals surface area contributed by atoms with Crippen LogP contribution in [-0.2, 0) is 0 Å². The van der Waals surface area contributed by atoms with Gasteiger partial charge in [-0.3, -0.25) is 4.68 Å². The molecule has 0 saturated heterocycles. The van der Waals surface area contributed by atoms with Crippen LogP contribution in [0.25, 0.3) is 0 Å². The van der Waals surface area contributed by atoms with Gasteiger partial charge in [-0.2, -0.15) is 5.10 Å². The molecule has 0 N–H and O–H groups in total. The number of hydrogen-bond acceptors (Lipinski definition) is 4. The van der Waals surface area contributed by atoms with Crippen LogP contribution in [0.4, 0.5) is 11.4 Å². The molecule has 0 spiro atoms. The predicted octanol–water partition coefficient (Wildman–Crippen LogP) is 4.05. The average molecular weight is 364 g/mol. The summed E-state index contributed by atoms with van der Waals surface area (Å²) in [4.78, 5) is 4.19. The maximum atomic E-state index is 6.01. The van der Waals surface area contributed by atoms with E-state index in [2.05, 4.69) is 57.4 Å². The van der Waals surface area contributed by atoms with Crippen molar-refractivity contribution in [3.63, 3.8) is 0 Å². The number of nitrogens with zero attached hydrogens (tertiary/aromatic N) is 4. The van der Waals surface area contributed by atoms with Gasteiger partial charge in [0.05, 0.1) is 6.61 Å². The zero-order valence-electron chi connectivity index (χ0n) is 16.8. The van der Waals surface area contributed by atoms with Crippen molar-refractivity contribution in [2.75, 3.05) is 44.6 Å². The van der Waals surface area contributed by atoms with Crippen molar-refractivity contribution >= 4 is 11.4 Å². The van der Waals surface area contributed by atoms with Crippen LogP contribution in [-0.4, -0.2) is 44.6 Å². The predicted molar refractivity (Wildman–Crippen MR) is 112 cm³/mol. The van der Waals surface area contributed by atoms with Gasteiger partial charge >= 0.3 is 0 Å². The second-order valence-electron chi connectivity index (χ2n) is 6.92. The number of anilines is 2. The van der Waals surface area contributed by atoms with Crippen LogP contribution in [0.3, 0.4) is 0 Å². The lowest BCUT2D eigenvalue weighted by atomic mass is 9.97. The Labute approximate surface area is 161 Å². The molecule has 0 aliphatic rings. The second kappa shape index (κ2) is 8.16. The molecule has 0 saturated carbocycles. The summed E-state index contributed by atoms with van der Waals surface area (Å²) in [6.45, 7) is 2.64. The first-order chi connectivity index (χ1) is 13.0. The lowest BCUT2D eigenvalue weighted by Crippen LogP contribution is -2.16. The normalized spacial score (nSPS) is 11.9. The van der Waals surface area contributed by atoms with Crippen LogP contribution < -0.4 is 14.5 Å². The lowest BCUT2D eigenvalue weighted by Gasteiger charge is -2.24. The molecule has 142 valence electrons. The van der Waals surface area contributed by atoms with Gasteiger partial charge in [-0.15, -0.1) is 0 Å². The third kappa shape index (κ3) is 4.08. The molecule has 0 radical (unpaired) electrons. The molecular formula is C22H28N4O. The van der Waals surface area contributed by atoms with Crippen molar-refractivity contribution < 1.29 is 4.74 Å². The maximum Gasteiger partial charge on any atom is 0.127 e. The molecule has 1 heterocycles. The summed E-state index contributed by atoms with van der Waals surface area (Å²) in [5.74, 6) is 0.890. The van der Waals surface area contributed by atoms with E-state index in [-0.39, 0.29) is 6.04 Å². The van der Waals surface area contributed by atoms with Crippen LogP contribution in [0.15, 0.2) is 60.9 Å². The van der Waals surface area contributed by atoms with Crippen molar-refractivity contribution in [1.82, 2.24) is 9.78 Å². The number of ether oxygens (including phenoxy) is 1. The molecule has 1 unspecified atom stereocenters. The van der Waals surface area contributed by atoms with Gasteiger partial charge < -0.3 is 14.5 Å². The zero-order valence-corrected chi connectivity index (χ0v) is 16.8. The summed E-state index contributed by atoms with van der Waals surface area (Å²) in [6.07, 6.45) is 3.82. The summed E-state index contributed by atoms with van der Waals surface area (Å²) in [7, 11) is 8.17. The third-order valence-corrected chi connectivity index (χ3v) is 4.62. The molecule has 0 bridgehead atoms. The highest BCUT2D eigenvalue weighted by atomic mass is 16.5. The van der Waals surface area contributed by atoms with E-state index in [1.165, 1.54) is 11.3 Å². The van der Waals surface area contributed by atoms with Crippen LogP contribution in [0.5, 0.6) is 5.75 Å². The highest BCUT2D eigenvalue weighted by Crippen LogP contribution is 2.36. The Morgan fingerprint density at radius 2 is 1.63 bits per heavy atom. The fraction of sp³-hybridized carbons (Fsp3) is 0.318. The Bertz CT molecular complexity index is 855. The van der Waals surface area contributed by atoms with E-state index in [1.54, 1.807) is 0 Å². The fourth-order valence-electron chi connectivity index (χ4n) is 3.17. The van der Waals surface area contributed by atoms with Gasteiger partial charge in [-0.05, 0) is 36.8 Å². The van der Waals surface area contributed by atoms with E-state index < -0.39 is 0 Å². The smallest absolute Gasteiger partial charge is 0.127 e. The molecule has 5 nitrogen and oxygen atoms in total. The summed E-state index contributed by atoms with van der Waals surface area (Å²) >= 11 is 0. The highest BCUT2D eigenvalue weighted by molar-refractivity contribution is 5.56. The molecule has 5 heteroatoms. The summed E-state index contributed by atoms with van der Waals surface area (Å²) in [5.41, 5.74) is 4.56. The maximum absolute atomic E-state index is 6.01. The van der Waals surface area contributed by atoms with Crippen LogP contribution in [0.1, 0.15) is 24.1 Å². The number of hydrogen-bond donors (Lipinski definition) is 0. The number of rotatable bonds is 7. The van der Waals surface area contributed by atoms with Crippen molar-refractivity contribution in [3.05, 3.63) is 72.1 Å². The fourth-order valence-corrected chi connectivity index (χ4v) is 3.17. The molecular weight excluding hydrogens is 336 g/mol. The first-order valence-corrected chi connectivity index (χ1v) is 9.21. The van der Waals surface area contributed by atoms with Gasteiger partial charge in [0, 0.05) is 63.6 Å². The first kappa shape index (κ1) is 18.8. The van der Waals surface area contributed by atoms with E-state index in [0.29, 0.717) is 6.61 Å². The Morgan fingerprint density at radius 3 is 2.19 bits per heavy atom. The zero-order chi connectivity index (χ0) is 19.4. The largest absolute Gasteiger partial charge is 0.493 e.